The van der Waals surface area contributed by atoms with Crippen LogP contribution in [-0.2, 0) is 0 Å². The average molecular weight is 424 g/mol. The van der Waals surface area contributed by atoms with Gasteiger partial charge in [0.15, 0.2) is 5.78 Å². The molecular formula is C23H22BrNO2. The van der Waals surface area contributed by atoms with Crippen LogP contribution in [0.3, 0.4) is 0 Å². The molecule has 0 aromatic heterocycles. The van der Waals surface area contributed by atoms with Crippen LogP contribution >= 0.6 is 15.9 Å². The molecule has 0 bridgehead atoms. The highest BCUT2D eigenvalue weighted by Crippen LogP contribution is 2.26. The van der Waals surface area contributed by atoms with Crippen LogP contribution in [0.1, 0.15) is 35.3 Å². The van der Waals surface area contributed by atoms with Crippen molar-refractivity contribution in [3.8, 4) is 5.75 Å². The van der Waals surface area contributed by atoms with Gasteiger partial charge in [-0.15, -0.1) is 0 Å². The number of para-hydroxylation sites is 1. The lowest BCUT2D eigenvalue weighted by atomic mass is 9.97. The molecule has 0 radical (unpaired) electrons. The Hall–Kier alpha value is -2.59. The van der Waals surface area contributed by atoms with E-state index in [9.17, 15) is 4.79 Å². The standard InChI is InChI=1S/C23H22BrNO2/c1-2-27-21-14-10-17(11-15-21)22(25-20-6-4-3-5-7-20)16-23(26)18-8-12-19(24)13-9-18/h3-15,22,25H,2,16H2,1H3. The van der Waals surface area contributed by atoms with Gasteiger partial charge in [0.2, 0.25) is 0 Å². The van der Waals surface area contributed by atoms with Gasteiger partial charge in [0.25, 0.3) is 0 Å². The van der Waals surface area contributed by atoms with Gasteiger partial charge >= 0.3 is 0 Å². The lowest BCUT2D eigenvalue weighted by Gasteiger charge is -2.20. The van der Waals surface area contributed by atoms with Gasteiger partial charge in [-0.3, -0.25) is 4.79 Å². The number of ketones is 1. The zero-order valence-electron chi connectivity index (χ0n) is 15.2. The first-order valence-electron chi connectivity index (χ1n) is 8.99. The maximum absolute atomic E-state index is 12.8. The van der Waals surface area contributed by atoms with Gasteiger partial charge in [-0.25, -0.2) is 0 Å². The monoisotopic (exact) mass is 423 g/mol. The second kappa shape index (κ2) is 9.38. The molecule has 0 saturated carbocycles. The van der Waals surface area contributed by atoms with Crippen molar-refractivity contribution in [2.45, 2.75) is 19.4 Å². The average Bonchev–Trinajstić information content (AvgIpc) is 2.69. The number of nitrogens with one attached hydrogen (secondary N) is 1. The van der Waals surface area contributed by atoms with Crippen molar-refractivity contribution >= 4 is 27.4 Å². The summed E-state index contributed by atoms with van der Waals surface area (Å²) >= 11 is 3.41. The first-order chi connectivity index (χ1) is 13.2. The quantitative estimate of drug-likeness (QED) is 0.433. The van der Waals surface area contributed by atoms with E-state index in [2.05, 4.69) is 21.2 Å². The van der Waals surface area contributed by atoms with E-state index >= 15 is 0 Å². The van der Waals surface area contributed by atoms with Crippen LogP contribution in [0, 0.1) is 0 Å². The van der Waals surface area contributed by atoms with Crippen molar-refractivity contribution in [1.29, 1.82) is 0 Å². The van der Waals surface area contributed by atoms with E-state index in [1.54, 1.807) is 0 Å². The first kappa shape index (κ1) is 19.2. The predicted molar refractivity (Wildman–Crippen MR) is 114 cm³/mol. The van der Waals surface area contributed by atoms with Crippen LogP contribution in [0.25, 0.3) is 0 Å². The molecule has 3 aromatic rings. The molecule has 0 aliphatic rings. The maximum atomic E-state index is 12.8. The minimum Gasteiger partial charge on any atom is -0.494 e. The van der Waals surface area contributed by atoms with Crippen LogP contribution < -0.4 is 10.1 Å². The molecule has 0 saturated heterocycles. The summed E-state index contributed by atoms with van der Waals surface area (Å²) in [6.07, 6.45) is 0.366. The Labute approximate surface area is 168 Å². The summed E-state index contributed by atoms with van der Waals surface area (Å²) in [5.41, 5.74) is 2.75. The molecule has 3 nitrogen and oxygen atoms in total. The molecule has 0 aliphatic carbocycles. The van der Waals surface area contributed by atoms with Crippen molar-refractivity contribution in [2.75, 3.05) is 11.9 Å². The van der Waals surface area contributed by atoms with E-state index in [0.29, 0.717) is 18.6 Å². The van der Waals surface area contributed by atoms with Gasteiger partial charge in [-0.05, 0) is 48.9 Å². The topological polar surface area (TPSA) is 38.3 Å². The largest absolute Gasteiger partial charge is 0.494 e. The Morgan fingerprint density at radius 2 is 1.63 bits per heavy atom. The molecule has 27 heavy (non-hydrogen) atoms. The number of halogens is 1. The molecule has 3 aromatic carbocycles. The number of carbonyl (C=O) groups is 1. The Balaban J connectivity index is 1.82. The number of hydrogen-bond acceptors (Lipinski definition) is 3. The maximum Gasteiger partial charge on any atom is 0.165 e. The van der Waals surface area contributed by atoms with E-state index in [1.807, 2.05) is 85.8 Å². The van der Waals surface area contributed by atoms with Gasteiger partial charge in [-0.1, -0.05) is 58.4 Å². The summed E-state index contributed by atoms with van der Waals surface area (Å²) in [7, 11) is 0. The molecule has 1 N–H and O–H groups in total. The lowest BCUT2D eigenvalue weighted by molar-refractivity contribution is 0.0976. The van der Waals surface area contributed by atoms with E-state index < -0.39 is 0 Å². The third-order valence-electron chi connectivity index (χ3n) is 4.26. The van der Waals surface area contributed by atoms with Crippen molar-refractivity contribution in [1.82, 2.24) is 0 Å². The number of benzene rings is 3. The summed E-state index contributed by atoms with van der Waals surface area (Å²) in [6, 6.07) is 25.2. The van der Waals surface area contributed by atoms with Crippen LogP contribution in [-0.4, -0.2) is 12.4 Å². The number of anilines is 1. The normalized spacial score (nSPS) is 11.6. The molecule has 138 valence electrons. The summed E-state index contributed by atoms with van der Waals surface area (Å²) in [5.74, 6) is 0.934. The van der Waals surface area contributed by atoms with Gasteiger partial charge in [0.05, 0.1) is 12.6 Å². The van der Waals surface area contributed by atoms with Crippen LogP contribution in [0.2, 0.25) is 0 Å². The van der Waals surface area contributed by atoms with Gasteiger partial charge < -0.3 is 10.1 Å². The molecule has 0 spiro atoms. The molecule has 0 fully saturated rings. The van der Waals surface area contributed by atoms with Crippen molar-refractivity contribution in [2.24, 2.45) is 0 Å². The Morgan fingerprint density at radius 3 is 2.26 bits per heavy atom. The predicted octanol–water partition coefficient (Wildman–Crippen LogP) is 6.27. The third-order valence-corrected chi connectivity index (χ3v) is 4.79. The highest BCUT2D eigenvalue weighted by atomic mass is 79.9. The summed E-state index contributed by atoms with van der Waals surface area (Å²) in [5, 5.41) is 3.49. The molecule has 0 amide bonds. The van der Waals surface area contributed by atoms with E-state index in [1.165, 1.54) is 0 Å². The Kier molecular flexibility index (Phi) is 6.66. The number of rotatable bonds is 8. The smallest absolute Gasteiger partial charge is 0.165 e. The summed E-state index contributed by atoms with van der Waals surface area (Å²) in [4.78, 5) is 12.8. The third kappa shape index (κ3) is 5.44. The molecule has 1 unspecified atom stereocenters. The minimum atomic E-state index is -0.126. The van der Waals surface area contributed by atoms with Crippen LogP contribution in [0.4, 0.5) is 5.69 Å². The zero-order valence-corrected chi connectivity index (χ0v) is 16.8. The Morgan fingerprint density at radius 1 is 0.963 bits per heavy atom. The number of Topliss-reactive ketones (excluding diaryl/α,β-unsaturated/α-hetero) is 1. The number of carbonyl (C=O) groups excluding carboxylic acids is 1. The van der Waals surface area contributed by atoms with E-state index in [0.717, 1.165) is 21.5 Å². The van der Waals surface area contributed by atoms with Crippen molar-refractivity contribution in [3.63, 3.8) is 0 Å². The molecule has 0 aliphatic heterocycles. The summed E-state index contributed by atoms with van der Waals surface area (Å²) < 4.78 is 6.49. The zero-order chi connectivity index (χ0) is 19.1. The second-order valence-corrected chi connectivity index (χ2v) is 7.11. The van der Waals surface area contributed by atoms with E-state index in [-0.39, 0.29) is 11.8 Å². The van der Waals surface area contributed by atoms with Crippen molar-refractivity contribution in [3.05, 3.63) is 94.5 Å². The SMILES string of the molecule is CCOc1ccc(C(CC(=O)c2ccc(Br)cc2)Nc2ccccc2)cc1. The fourth-order valence-corrected chi connectivity index (χ4v) is 3.15. The second-order valence-electron chi connectivity index (χ2n) is 6.20. The highest BCUT2D eigenvalue weighted by molar-refractivity contribution is 9.10. The van der Waals surface area contributed by atoms with Crippen LogP contribution in [0.5, 0.6) is 5.75 Å². The summed E-state index contributed by atoms with van der Waals surface area (Å²) in [6.45, 7) is 2.59. The lowest BCUT2D eigenvalue weighted by Crippen LogP contribution is -2.16. The minimum absolute atomic E-state index is 0.102. The van der Waals surface area contributed by atoms with Crippen LogP contribution in [0.15, 0.2) is 83.3 Å². The first-order valence-corrected chi connectivity index (χ1v) is 9.78. The number of ether oxygens (including phenoxy) is 1. The van der Waals surface area contributed by atoms with Gasteiger partial charge in [0, 0.05) is 22.1 Å². The highest BCUT2D eigenvalue weighted by Gasteiger charge is 2.17. The van der Waals surface area contributed by atoms with Gasteiger partial charge in [-0.2, -0.15) is 0 Å². The molecule has 3 rings (SSSR count). The Bertz CT molecular complexity index is 861. The fourth-order valence-electron chi connectivity index (χ4n) is 2.89. The van der Waals surface area contributed by atoms with Crippen molar-refractivity contribution < 1.29 is 9.53 Å². The van der Waals surface area contributed by atoms with Gasteiger partial charge in [0.1, 0.15) is 5.75 Å². The number of hydrogen-bond donors (Lipinski definition) is 1. The molecule has 4 heteroatoms. The fraction of sp³-hybridized carbons (Fsp3) is 0.174. The molecular weight excluding hydrogens is 402 g/mol. The molecule has 1 atom stereocenters. The molecule has 0 heterocycles. The van der Waals surface area contributed by atoms with E-state index in [4.69, 9.17) is 4.74 Å².